The van der Waals surface area contributed by atoms with Gasteiger partial charge < -0.3 is 9.80 Å². The van der Waals surface area contributed by atoms with Crippen molar-refractivity contribution in [2.24, 2.45) is 0 Å². The van der Waals surface area contributed by atoms with Crippen LogP contribution in [0.2, 0.25) is 0 Å². The molecule has 0 aliphatic carbocycles. The van der Waals surface area contributed by atoms with Crippen LogP contribution in [0.25, 0.3) is 4.96 Å². The Kier molecular flexibility index (Phi) is 5.40. The van der Waals surface area contributed by atoms with Gasteiger partial charge in [-0.2, -0.15) is 4.52 Å². The van der Waals surface area contributed by atoms with Gasteiger partial charge in [0.05, 0.1) is 6.54 Å². The minimum atomic E-state index is -0.137. The Morgan fingerprint density at radius 3 is 2.48 bits per heavy atom. The van der Waals surface area contributed by atoms with Crippen molar-refractivity contribution in [2.45, 2.75) is 32.6 Å². The molecule has 8 nitrogen and oxygen atoms in total. The first-order chi connectivity index (χ1) is 13.1. The van der Waals surface area contributed by atoms with Crippen LogP contribution < -0.4 is 10.5 Å². The molecule has 0 bridgehead atoms. The molecule has 4 heterocycles. The van der Waals surface area contributed by atoms with Gasteiger partial charge in [-0.3, -0.25) is 14.5 Å². The van der Waals surface area contributed by atoms with Crippen LogP contribution in [0.5, 0.6) is 0 Å². The molecule has 0 radical (unpaired) electrons. The van der Waals surface area contributed by atoms with E-state index in [1.165, 1.54) is 34.8 Å². The summed E-state index contributed by atoms with van der Waals surface area (Å²) in [6.45, 7) is 7.42. The monoisotopic (exact) mass is 390 g/mol. The largest absolute Gasteiger partial charge is 0.344 e. The molecule has 0 atom stereocenters. The van der Waals surface area contributed by atoms with Gasteiger partial charge in [-0.1, -0.05) is 24.2 Å². The number of hydrogen-bond acceptors (Lipinski definition) is 7. The lowest BCUT2D eigenvalue weighted by Crippen LogP contribution is -2.50. The van der Waals surface area contributed by atoms with Gasteiger partial charge in [-0.15, -0.1) is 5.10 Å². The molecule has 27 heavy (non-hydrogen) atoms. The topological polar surface area (TPSA) is 74.1 Å². The second-order valence-corrected chi connectivity index (χ2v) is 8.31. The number of likely N-dealkylation sites (tertiary alicyclic amines) is 1. The number of carbonyl (C=O) groups is 1. The third-order valence-electron chi connectivity index (χ3n) is 5.32. The molecule has 4 rings (SSSR count). The van der Waals surface area contributed by atoms with Crippen molar-refractivity contribution >= 4 is 27.3 Å². The maximum atomic E-state index is 12.6. The van der Waals surface area contributed by atoms with Crippen LogP contribution in [0.15, 0.2) is 10.9 Å². The normalized spacial score (nSPS) is 19.4. The number of aryl methyl sites for hydroxylation is 1. The summed E-state index contributed by atoms with van der Waals surface area (Å²) in [7, 11) is 0. The number of carbonyl (C=O) groups excluding carboxylic acids is 1. The summed E-state index contributed by atoms with van der Waals surface area (Å²) < 4.78 is 1.38. The number of piperazine rings is 1. The molecule has 0 saturated carbocycles. The summed E-state index contributed by atoms with van der Waals surface area (Å²) in [4.78, 5) is 36.1. The lowest BCUT2D eigenvalue weighted by atomic mass is 10.2. The van der Waals surface area contributed by atoms with Crippen molar-refractivity contribution in [1.82, 2.24) is 24.4 Å². The van der Waals surface area contributed by atoms with Crippen LogP contribution >= 0.6 is 11.3 Å². The Morgan fingerprint density at radius 2 is 1.78 bits per heavy atom. The highest BCUT2D eigenvalue weighted by atomic mass is 32.1. The molecule has 146 valence electrons. The summed E-state index contributed by atoms with van der Waals surface area (Å²) >= 11 is 1.45. The SMILES string of the molecule is Cc1cc(=O)n2nc(N3CCN(CC(=O)N4CCCCCC4)CC3)sc2n1. The molecule has 0 unspecified atom stereocenters. The number of anilines is 1. The van der Waals surface area contributed by atoms with E-state index in [1.54, 1.807) is 0 Å². The number of aromatic nitrogens is 3. The van der Waals surface area contributed by atoms with Gasteiger partial charge in [0, 0.05) is 51.0 Å². The van der Waals surface area contributed by atoms with Crippen molar-refractivity contribution in [2.75, 3.05) is 50.7 Å². The van der Waals surface area contributed by atoms with Crippen molar-refractivity contribution in [3.8, 4) is 0 Å². The predicted molar refractivity (Wildman–Crippen MR) is 106 cm³/mol. The Morgan fingerprint density at radius 1 is 1.07 bits per heavy atom. The van der Waals surface area contributed by atoms with E-state index >= 15 is 0 Å². The highest BCUT2D eigenvalue weighted by Gasteiger charge is 2.24. The van der Waals surface area contributed by atoms with Crippen molar-refractivity contribution < 1.29 is 4.79 Å². The Labute approximate surface area is 162 Å². The van der Waals surface area contributed by atoms with Gasteiger partial charge in [0.15, 0.2) is 0 Å². The fraction of sp³-hybridized carbons (Fsp3) is 0.667. The quantitative estimate of drug-likeness (QED) is 0.778. The van der Waals surface area contributed by atoms with Gasteiger partial charge >= 0.3 is 0 Å². The first-order valence-electron chi connectivity index (χ1n) is 9.73. The Hall–Kier alpha value is -2.00. The minimum absolute atomic E-state index is 0.137. The van der Waals surface area contributed by atoms with Crippen LogP contribution in [-0.4, -0.2) is 76.1 Å². The van der Waals surface area contributed by atoms with Crippen LogP contribution in [0.3, 0.4) is 0 Å². The Bertz CT molecular complexity index is 862. The molecular weight excluding hydrogens is 364 g/mol. The molecule has 2 aromatic heterocycles. The van der Waals surface area contributed by atoms with Gasteiger partial charge in [0.25, 0.3) is 5.56 Å². The summed E-state index contributed by atoms with van der Waals surface area (Å²) in [5.41, 5.74) is 0.578. The lowest BCUT2D eigenvalue weighted by molar-refractivity contribution is -0.132. The van der Waals surface area contributed by atoms with E-state index in [4.69, 9.17) is 0 Å². The number of fused-ring (bicyclic) bond motifs is 1. The van der Waals surface area contributed by atoms with Gasteiger partial charge in [-0.25, -0.2) is 4.98 Å². The zero-order valence-electron chi connectivity index (χ0n) is 15.8. The minimum Gasteiger partial charge on any atom is -0.344 e. The van der Waals surface area contributed by atoms with E-state index in [1.807, 2.05) is 11.8 Å². The van der Waals surface area contributed by atoms with Crippen LogP contribution in [0.1, 0.15) is 31.4 Å². The maximum absolute atomic E-state index is 12.6. The fourth-order valence-electron chi connectivity index (χ4n) is 3.75. The number of nitrogens with zero attached hydrogens (tertiary/aromatic N) is 6. The van der Waals surface area contributed by atoms with E-state index in [-0.39, 0.29) is 11.5 Å². The molecular formula is C18H26N6O2S. The molecule has 2 aliphatic heterocycles. The molecule has 2 aromatic rings. The fourth-order valence-corrected chi connectivity index (χ4v) is 4.75. The smallest absolute Gasteiger partial charge is 0.275 e. The molecule has 2 saturated heterocycles. The highest BCUT2D eigenvalue weighted by molar-refractivity contribution is 7.20. The van der Waals surface area contributed by atoms with E-state index in [0.29, 0.717) is 17.2 Å². The summed E-state index contributed by atoms with van der Waals surface area (Å²) in [5, 5.41) is 5.26. The zero-order valence-corrected chi connectivity index (χ0v) is 16.6. The molecule has 0 N–H and O–H groups in total. The molecule has 0 spiro atoms. The van der Waals surface area contributed by atoms with Crippen molar-refractivity contribution in [3.63, 3.8) is 0 Å². The summed E-state index contributed by atoms with van der Waals surface area (Å²) in [5.74, 6) is 0.261. The first kappa shape index (κ1) is 18.4. The first-order valence-corrected chi connectivity index (χ1v) is 10.5. The van der Waals surface area contributed by atoms with Crippen LogP contribution in [0.4, 0.5) is 5.13 Å². The van der Waals surface area contributed by atoms with Crippen molar-refractivity contribution in [3.05, 3.63) is 22.1 Å². The van der Waals surface area contributed by atoms with Gasteiger partial charge in [0.1, 0.15) is 0 Å². The van der Waals surface area contributed by atoms with E-state index < -0.39 is 0 Å². The Balaban J connectivity index is 1.35. The molecule has 0 aromatic carbocycles. The molecule has 1 amide bonds. The van der Waals surface area contributed by atoms with Crippen LogP contribution in [0, 0.1) is 6.92 Å². The standard InChI is InChI=1S/C18H26N6O2S/c1-14-12-15(25)24-17(19-14)27-18(20-24)23-10-8-21(9-11-23)13-16(26)22-6-4-2-3-5-7-22/h12H,2-11,13H2,1H3. The third kappa shape index (κ3) is 4.14. The maximum Gasteiger partial charge on any atom is 0.275 e. The average molecular weight is 391 g/mol. The number of amides is 1. The van der Waals surface area contributed by atoms with E-state index in [0.717, 1.165) is 57.2 Å². The number of rotatable bonds is 3. The average Bonchev–Trinajstić information content (AvgIpc) is 2.89. The second-order valence-electron chi connectivity index (χ2n) is 7.37. The second kappa shape index (κ2) is 7.93. The molecule has 9 heteroatoms. The number of hydrogen-bond donors (Lipinski definition) is 0. The third-order valence-corrected chi connectivity index (χ3v) is 6.29. The van der Waals surface area contributed by atoms with Gasteiger partial charge in [-0.05, 0) is 19.8 Å². The van der Waals surface area contributed by atoms with Crippen molar-refractivity contribution in [1.29, 1.82) is 0 Å². The summed E-state index contributed by atoms with van der Waals surface area (Å²) in [6, 6.07) is 1.50. The van der Waals surface area contributed by atoms with Crippen LogP contribution in [-0.2, 0) is 4.79 Å². The predicted octanol–water partition coefficient (Wildman–Crippen LogP) is 0.984. The summed E-state index contributed by atoms with van der Waals surface area (Å²) in [6.07, 6.45) is 4.73. The lowest BCUT2D eigenvalue weighted by Gasteiger charge is -2.35. The highest BCUT2D eigenvalue weighted by Crippen LogP contribution is 2.22. The van der Waals surface area contributed by atoms with Gasteiger partial charge in [0.2, 0.25) is 16.0 Å². The molecule has 2 aliphatic rings. The van der Waals surface area contributed by atoms with E-state index in [2.05, 4.69) is 19.9 Å². The van der Waals surface area contributed by atoms with E-state index in [9.17, 15) is 9.59 Å². The zero-order chi connectivity index (χ0) is 18.8. The molecule has 2 fully saturated rings.